The average Bonchev–Trinajstić information content (AvgIpc) is 2.97. The molecule has 1 aliphatic rings. The molecule has 0 radical (unpaired) electrons. The van der Waals surface area contributed by atoms with Gasteiger partial charge in [-0.15, -0.1) is 0 Å². The number of fused-ring (bicyclic) bond motifs is 2. The highest BCUT2D eigenvalue weighted by atomic mass is 14.7. The van der Waals surface area contributed by atoms with Crippen LogP contribution >= 0.6 is 0 Å². The molecule has 3 aromatic rings. The van der Waals surface area contributed by atoms with Crippen LogP contribution in [0.25, 0.3) is 10.9 Å². The fourth-order valence-corrected chi connectivity index (χ4v) is 3.47. The van der Waals surface area contributed by atoms with Gasteiger partial charge >= 0.3 is 0 Å². The van der Waals surface area contributed by atoms with Crippen molar-refractivity contribution in [3.63, 3.8) is 0 Å². The minimum Gasteiger partial charge on any atom is -0.326 e. The third-order valence-corrected chi connectivity index (χ3v) is 4.55. The highest BCUT2D eigenvalue weighted by molar-refractivity contribution is 5.82. The molecule has 1 atom stereocenters. The van der Waals surface area contributed by atoms with Gasteiger partial charge in [-0.1, -0.05) is 42.5 Å². The lowest BCUT2D eigenvalue weighted by Gasteiger charge is -2.13. The van der Waals surface area contributed by atoms with Crippen LogP contribution in [0.3, 0.4) is 0 Å². The van der Waals surface area contributed by atoms with E-state index in [1.807, 2.05) is 6.07 Å². The second-order valence-electron chi connectivity index (χ2n) is 5.71. The number of nitrogens with two attached hydrogens (primary N) is 1. The maximum Gasteiger partial charge on any atom is 0.0708 e. The summed E-state index contributed by atoms with van der Waals surface area (Å²) < 4.78 is 0. The normalized spacial score (nSPS) is 17.1. The summed E-state index contributed by atoms with van der Waals surface area (Å²) in [6, 6.07) is 19.3. The largest absolute Gasteiger partial charge is 0.326 e. The maximum absolute atomic E-state index is 5.81. The fraction of sp³-hybridized carbons (Fsp3) is 0.211. The molecule has 1 aliphatic carbocycles. The van der Waals surface area contributed by atoms with Gasteiger partial charge in [0.15, 0.2) is 0 Å². The van der Waals surface area contributed by atoms with Crippen LogP contribution in [0.5, 0.6) is 0 Å². The van der Waals surface area contributed by atoms with E-state index in [1.165, 1.54) is 27.8 Å². The van der Waals surface area contributed by atoms with Crippen molar-refractivity contribution in [2.24, 2.45) is 5.73 Å². The Hall–Kier alpha value is -2.19. The van der Waals surface area contributed by atoms with Gasteiger partial charge < -0.3 is 5.73 Å². The summed E-state index contributed by atoms with van der Waals surface area (Å²) >= 11 is 0. The quantitative estimate of drug-likeness (QED) is 0.772. The number of pyridine rings is 1. The summed E-state index contributed by atoms with van der Waals surface area (Å²) in [6.07, 6.45) is 2.32. The molecule has 0 bridgehead atoms. The van der Waals surface area contributed by atoms with Crippen LogP contribution in [0.4, 0.5) is 0 Å². The molecule has 0 aliphatic heterocycles. The van der Waals surface area contributed by atoms with Crippen LogP contribution in [-0.4, -0.2) is 4.98 Å². The van der Waals surface area contributed by atoms with Gasteiger partial charge in [0.25, 0.3) is 0 Å². The van der Waals surface area contributed by atoms with E-state index < -0.39 is 0 Å². The molecule has 2 heteroatoms. The molecular formula is C19H18N2. The van der Waals surface area contributed by atoms with Gasteiger partial charge in [-0.05, 0) is 41.7 Å². The molecule has 0 fully saturated rings. The van der Waals surface area contributed by atoms with Crippen LogP contribution in [-0.2, 0) is 13.0 Å². The molecule has 2 aromatic carbocycles. The second-order valence-corrected chi connectivity index (χ2v) is 5.71. The predicted molar refractivity (Wildman–Crippen MR) is 86.2 cm³/mol. The Balaban J connectivity index is 1.82. The second kappa shape index (κ2) is 4.97. The van der Waals surface area contributed by atoms with Crippen LogP contribution in [0.15, 0.2) is 54.6 Å². The lowest BCUT2D eigenvalue weighted by Crippen LogP contribution is -2.02. The molecule has 2 N–H and O–H groups in total. The monoisotopic (exact) mass is 274 g/mol. The number of aryl methyl sites for hydroxylation is 1. The molecule has 0 spiro atoms. The zero-order valence-electron chi connectivity index (χ0n) is 11.9. The first-order valence-corrected chi connectivity index (χ1v) is 7.53. The van der Waals surface area contributed by atoms with Gasteiger partial charge in [-0.25, -0.2) is 0 Å². The summed E-state index contributed by atoms with van der Waals surface area (Å²) in [6.45, 7) is 0.560. The number of aromatic nitrogens is 1. The summed E-state index contributed by atoms with van der Waals surface area (Å²) in [5.74, 6) is 0.437. The van der Waals surface area contributed by atoms with Crippen molar-refractivity contribution in [2.45, 2.75) is 25.3 Å². The third-order valence-electron chi connectivity index (χ3n) is 4.55. The van der Waals surface area contributed by atoms with Crippen LogP contribution in [0.1, 0.15) is 34.7 Å². The average molecular weight is 274 g/mol. The first-order valence-electron chi connectivity index (χ1n) is 7.53. The number of hydrogen-bond donors (Lipinski definition) is 1. The van der Waals surface area contributed by atoms with E-state index in [-0.39, 0.29) is 0 Å². The van der Waals surface area contributed by atoms with Crippen LogP contribution in [0.2, 0.25) is 0 Å². The predicted octanol–water partition coefficient (Wildman–Crippen LogP) is 3.77. The summed E-state index contributed by atoms with van der Waals surface area (Å²) in [5.41, 5.74) is 12.1. The van der Waals surface area contributed by atoms with Crippen molar-refractivity contribution in [1.82, 2.24) is 4.98 Å². The number of nitrogens with zero attached hydrogens (tertiary/aromatic N) is 1. The number of hydrogen-bond acceptors (Lipinski definition) is 2. The van der Waals surface area contributed by atoms with Crippen molar-refractivity contribution in [3.8, 4) is 0 Å². The minimum atomic E-state index is 0.437. The summed E-state index contributed by atoms with van der Waals surface area (Å²) in [4.78, 5) is 4.91. The fourth-order valence-electron chi connectivity index (χ4n) is 3.47. The zero-order chi connectivity index (χ0) is 14.2. The maximum atomic E-state index is 5.81. The first-order chi connectivity index (χ1) is 10.4. The van der Waals surface area contributed by atoms with Crippen LogP contribution < -0.4 is 5.73 Å². The van der Waals surface area contributed by atoms with E-state index >= 15 is 0 Å². The first kappa shape index (κ1) is 12.5. The smallest absolute Gasteiger partial charge is 0.0708 e. The van der Waals surface area contributed by atoms with E-state index in [0.29, 0.717) is 12.5 Å². The summed E-state index contributed by atoms with van der Waals surface area (Å²) in [7, 11) is 0. The van der Waals surface area contributed by atoms with E-state index in [0.717, 1.165) is 18.4 Å². The van der Waals surface area contributed by atoms with E-state index in [4.69, 9.17) is 10.7 Å². The Labute approximate surface area is 124 Å². The van der Waals surface area contributed by atoms with Gasteiger partial charge in [0, 0.05) is 23.5 Å². The Kier molecular flexibility index (Phi) is 2.97. The molecule has 0 saturated heterocycles. The Morgan fingerprint density at radius 3 is 2.81 bits per heavy atom. The van der Waals surface area contributed by atoms with Crippen molar-refractivity contribution >= 4 is 10.9 Å². The molecule has 104 valence electrons. The molecule has 21 heavy (non-hydrogen) atoms. The molecule has 1 aromatic heterocycles. The van der Waals surface area contributed by atoms with Gasteiger partial charge in [-0.3, -0.25) is 4.98 Å². The Morgan fingerprint density at radius 1 is 1.00 bits per heavy atom. The third kappa shape index (κ3) is 2.03. The molecule has 1 heterocycles. The van der Waals surface area contributed by atoms with Gasteiger partial charge in [0.2, 0.25) is 0 Å². The topological polar surface area (TPSA) is 38.9 Å². The molecule has 0 amide bonds. The molecule has 4 rings (SSSR count). The van der Waals surface area contributed by atoms with Gasteiger partial charge in [0.05, 0.1) is 5.52 Å². The minimum absolute atomic E-state index is 0.437. The van der Waals surface area contributed by atoms with Crippen molar-refractivity contribution in [2.75, 3.05) is 0 Å². The molecule has 2 nitrogen and oxygen atoms in total. The summed E-state index contributed by atoms with van der Waals surface area (Å²) in [5, 5.41) is 1.18. The van der Waals surface area contributed by atoms with E-state index in [1.54, 1.807) is 0 Å². The highest BCUT2D eigenvalue weighted by Crippen LogP contribution is 2.37. The molecule has 0 unspecified atom stereocenters. The molecule has 0 saturated carbocycles. The Morgan fingerprint density at radius 2 is 1.90 bits per heavy atom. The molecular weight excluding hydrogens is 256 g/mol. The highest BCUT2D eigenvalue weighted by Gasteiger charge is 2.24. The Bertz CT molecular complexity index is 808. The number of benzene rings is 2. The van der Waals surface area contributed by atoms with E-state index in [2.05, 4.69) is 48.5 Å². The van der Waals surface area contributed by atoms with Crippen molar-refractivity contribution in [1.29, 1.82) is 0 Å². The van der Waals surface area contributed by atoms with Gasteiger partial charge in [-0.2, -0.15) is 0 Å². The SMILES string of the molecule is NCc1cccc2nc([C@@H]3CCc4ccccc43)ccc12. The van der Waals surface area contributed by atoms with Crippen molar-refractivity contribution in [3.05, 3.63) is 77.0 Å². The lowest BCUT2D eigenvalue weighted by atomic mass is 9.96. The zero-order valence-corrected chi connectivity index (χ0v) is 11.9. The van der Waals surface area contributed by atoms with Crippen LogP contribution in [0, 0.1) is 0 Å². The van der Waals surface area contributed by atoms with Crippen molar-refractivity contribution < 1.29 is 0 Å². The number of rotatable bonds is 2. The van der Waals surface area contributed by atoms with Gasteiger partial charge in [0.1, 0.15) is 0 Å². The van der Waals surface area contributed by atoms with E-state index in [9.17, 15) is 0 Å². The standard InChI is InChI=1S/C19H18N2/c20-12-14-5-3-7-18-16(14)10-11-19(21-18)17-9-8-13-4-1-2-6-15(13)17/h1-7,10-11,17H,8-9,12,20H2/t17-/m1/s1. The lowest BCUT2D eigenvalue weighted by molar-refractivity contribution is 0.765.